The Bertz CT molecular complexity index is 202. The van der Waals surface area contributed by atoms with Gasteiger partial charge in [0, 0.05) is 6.72 Å². The molecule has 0 aromatic heterocycles. The molecule has 0 N–H and O–H groups in total. The molecule has 0 heterocycles. The van der Waals surface area contributed by atoms with Gasteiger partial charge in [-0.15, -0.1) is 0 Å². The number of allylic oxidation sites excluding steroid dienone is 1. The van der Waals surface area contributed by atoms with Gasteiger partial charge >= 0.3 is 0 Å². The summed E-state index contributed by atoms with van der Waals surface area (Å²) in [5, 5.41) is 0. The number of hydrogen-bond acceptors (Lipinski definition) is 2. The van der Waals surface area contributed by atoms with E-state index in [1.807, 2.05) is 0 Å². The monoisotopic (exact) mass is 132 g/mol. The fraction of sp³-hybridized carbons (Fsp3) is 0. The molecule has 0 unspecified atom stereocenters. The number of hydrogen-bond donors (Lipinski definition) is 0. The zero-order valence-electron chi connectivity index (χ0n) is 4.29. The second-order valence-electron chi connectivity index (χ2n) is 1.14. The smallest absolute Gasteiger partial charge is 0.200 e. The molecule has 0 atom stereocenters. The molecule has 45 valence electrons. The van der Waals surface area contributed by atoms with Gasteiger partial charge in [0.1, 0.15) is 0 Å². The Morgan fingerprint density at radius 2 is 1.88 bits per heavy atom. The second-order valence-corrected chi connectivity index (χ2v) is 2.93. The van der Waals surface area contributed by atoms with Crippen LogP contribution < -0.4 is 0 Å². The highest BCUT2D eigenvalue weighted by molar-refractivity contribution is 7.94. The van der Waals surface area contributed by atoms with Crippen LogP contribution in [0.25, 0.3) is 0 Å². The molecule has 0 aliphatic carbocycles. The van der Waals surface area contributed by atoms with Gasteiger partial charge in [0.15, 0.2) is 0 Å². The Morgan fingerprint density at radius 1 is 1.50 bits per heavy atom. The molecule has 0 amide bonds. The van der Waals surface area contributed by atoms with Crippen LogP contribution in [0, 0.1) is 6.92 Å². The van der Waals surface area contributed by atoms with Gasteiger partial charge in [0.25, 0.3) is 10.0 Å². The van der Waals surface area contributed by atoms with Crippen molar-refractivity contribution in [3.63, 3.8) is 0 Å². The Labute approximate surface area is 48.8 Å². The van der Waals surface area contributed by atoms with Crippen LogP contribution >= 0.6 is 0 Å². The summed E-state index contributed by atoms with van der Waals surface area (Å²) in [4.78, 5) is -0.229. The van der Waals surface area contributed by atoms with Crippen LogP contribution in [-0.4, -0.2) is 15.1 Å². The minimum Gasteiger partial charge on any atom is -0.200 e. The first-order valence-corrected chi connectivity index (χ1v) is 3.18. The molecular weight excluding hydrogens is 126 g/mol. The summed E-state index contributed by atoms with van der Waals surface area (Å²) in [6, 6.07) is 0. The van der Waals surface area contributed by atoms with Crippen molar-refractivity contribution in [3.05, 3.63) is 18.4 Å². The summed E-state index contributed by atoms with van der Waals surface area (Å²) in [5.41, 5.74) is 0. The van der Waals surface area contributed by atoms with Gasteiger partial charge in [-0.3, -0.25) is 0 Å². The number of nitrogens with zero attached hydrogens (tertiary/aromatic N) is 1. The molecule has 0 spiro atoms. The molecule has 0 fully saturated rings. The van der Waals surface area contributed by atoms with Crippen molar-refractivity contribution in [3.8, 4) is 0 Å². The van der Waals surface area contributed by atoms with Crippen molar-refractivity contribution in [2.24, 2.45) is 4.40 Å². The predicted molar refractivity (Wildman–Crippen MR) is 33.0 cm³/mol. The third-order valence-electron chi connectivity index (χ3n) is 0.535. The molecule has 0 aliphatic heterocycles. The van der Waals surface area contributed by atoms with Crippen LogP contribution in [0.15, 0.2) is 15.9 Å². The van der Waals surface area contributed by atoms with Gasteiger partial charge in [0.05, 0.1) is 4.91 Å². The third-order valence-corrected chi connectivity index (χ3v) is 1.60. The van der Waals surface area contributed by atoms with E-state index in [1.54, 1.807) is 0 Å². The number of sulfonamides is 1. The lowest BCUT2D eigenvalue weighted by molar-refractivity contribution is 0.605. The van der Waals surface area contributed by atoms with Crippen LogP contribution in [0.3, 0.4) is 0 Å². The summed E-state index contributed by atoms with van der Waals surface area (Å²) in [5.74, 6) is 0. The fourth-order valence-corrected chi connectivity index (χ4v) is 0.274. The van der Waals surface area contributed by atoms with Crippen molar-refractivity contribution >= 4 is 16.7 Å². The van der Waals surface area contributed by atoms with E-state index in [-0.39, 0.29) is 4.91 Å². The molecule has 0 saturated heterocycles. The molecule has 0 aromatic rings. The summed E-state index contributed by atoms with van der Waals surface area (Å²) in [6.07, 6.45) is 0. The first kappa shape index (κ1) is 7.36. The van der Waals surface area contributed by atoms with Crippen molar-refractivity contribution in [1.82, 2.24) is 0 Å². The van der Waals surface area contributed by atoms with Crippen molar-refractivity contribution in [2.75, 3.05) is 0 Å². The summed E-state index contributed by atoms with van der Waals surface area (Å²) >= 11 is 0. The van der Waals surface area contributed by atoms with Gasteiger partial charge in [-0.2, -0.15) is 12.8 Å². The summed E-state index contributed by atoms with van der Waals surface area (Å²) < 4.78 is 23.4. The van der Waals surface area contributed by atoms with E-state index in [0.29, 0.717) is 0 Å². The normalized spacial score (nSPS) is 10.6. The van der Waals surface area contributed by atoms with E-state index in [0.717, 1.165) is 0 Å². The average molecular weight is 132 g/mol. The van der Waals surface area contributed by atoms with E-state index < -0.39 is 10.0 Å². The Kier molecular flexibility index (Phi) is 1.92. The number of rotatable bonds is 2. The van der Waals surface area contributed by atoms with Crippen molar-refractivity contribution < 1.29 is 8.42 Å². The van der Waals surface area contributed by atoms with E-state index in [2.05, 4.69) is 24.6 Å². The van der Waals surface area contributed by atoms with Gasteiger partial charge in [0.2, 0.25) is 0 Å². The molecule has 0 saturated carbocycles. The molecule has 3 nitrogen and oxygen atoms in total. The highest BCUT2D eigenvalue weighted by Crippen LogP contribution is 2.00. The molecule has 0 aromatic carbocycles. The Morgan fingerprint density at radius 3 is 1.88 bits per heavy atom. The molecular formula is C4H6NO2S. The zero-order chi connectivity index (χ0) is 6.78. The van der Waals surface area contributed by atoms with Gasteiger partial charge < -0.3 is 0 Å². The largest absolute Gasteiger partial charge is 0.277 e. The first-order chi connectivity index (χ1) is 3.50. The lowest BCUT2D eigenvalue weighted by Gasteiger charge is -1.89. The highest BCUT2D eigenvalue weighted by Gasteiger charge is 2.04. The molecule has 8 heavy (non-hydrogen) atoms. The lowest BCUT2D eigenvalue weighted by Crippen LogP contribution is -1.93. The van der Waals surface area contributed by atoms with E-state index in [9.17, 15) is 8.42 Å². The van der Waals surface area contributed by atoms with Gasteiger partial charge in [-0.1, -0.05) is 6.58 Å². The standard InChI is InChI=1S/C4H6NO2S/c1-4(2)8(6,7)5-3/h1-3H2. The predicted octanol–water partition coefficient (Wildman–Crippen LogP) is 0.365. The average Bonchev–Trinajstić information content (AvgIpc) is 1.67. The Balaban J connectivity index is 4.68. The molecule has 4 heteroatoms. The zero-order valence-corrected chi connectivity index (χ0v) is 5.11. The maximum atomic E-state index is 10.3. The minimum absolute atomic E-state index is 0.229. The maximum Gasteiger partial charge on any atom is 0.277 e. The Hall–Kier alpha value is -0.640. The van der Waals surface area contributed by atoms with Gasteiger partial charge in [-0.05, 0) is 6.92 Å². The van der Waals surface area contributed by atoms with Gasteiger partial charge in [-0.25, -0.2) is 0 Å². The minimum atomic E-state index is -3.53. The van der Waals surface area contributed by atoms with Crippen LogP contribution in [0.2, 0.25) is 0 Å². The first-order valence-electron chi connectivity index (χ1n) is 1.74. The van der Waals surface area contributed by atoms with Crippen LogP contribution in [-0.2, 0) is 10.0 Å². The van der Waals surface area contributed by atoms with Crippen LogP contribution in [0.1, 0.15) is 0 Å². The molecule has 0 rings (SSSR count). The topological polar surface area (TPSA) is 46.5 Å². The second kappa shape index (κ2) is 2.09. The molecule has 0 aliphatic rings. The van der Waals surface area contributed by atoms with E-state index in [4.69, 9.17) is 0 Å². The van der Waals surface area contributed by atoms with Crippen molar-refractivity contribution in [1.29, 1.82) is 0 Å². The van der Waals surface area contributed by atoms with E-state index in [1.165, 1.54) is 0 Å². The van der Waals surface area contributed by atoms with E-state index >= 15 is 0 Å². The third kappa shape index (κ3) is 1.46. The SMILES string of the molecule is [CH2]C(=C)S(=O)(=O)N=C. The van der Waals surface area contributed by atoms with Crippen LogP contribution in [0.5, 0.6) is 0 Å². The van der Waals surface area contributed by atoms with Crippen molar-refractivity contribution in [2.45, 2.75) is 0 Å². The van der Waals surface area contributed by atoms with Crippen LogP contribution in [0.4, 0.5) is 0 Å². The summed E-state index contributed by atoms with van der Waals surface area (Å²) in [6.45, 7) is 8.94. The molecule has 1 radical (unpaired) electrons. The highest BCUT2D eigenvalue weighted by atomic mass is 32.2. The fourth-order valence-electron chi connectivity index (χ4n) is 0.0913. The quantitative estimate of drug-likeness (QED) is 0.509. The maximum absolute atomic E-state index is 10.3. The summed E-state index contributed by atoms with van der Waals surface area (Å²) in [7, 11) is -3.53. The molecule has 0 bridgehead atoms. The lowest BCUT2D eigenvalue weighted by atomic mass is 10.8.